The van der Waals surface area contributed by atoms with Crippen LogP contribution in [0.1, 0.15) is 40.0 Å². The summed E-state index contributed by atoms with van der Waals surface area (Å²) < 4.78 is 0. The van der Waals surface area contributed by atoms with Gasteiger partial charge >= 0.3 is 11.9 Å². The second-order valence-electron chi connectivity index (χ2n) is 6.72. The largest absolute Gasteiger partial charge is 0.481 e. The van der Waals surface area contributed by atoms with Crippen molar-refractivity contribution >= 4 is 29.7 Å². The molecule has 0 aliphatic heterocycles. The molecule has 3 amide bonds. The summed E-state index contributed by atoms with van der Waals surface area (Å²) in [5.74, 6) is -5.24. The molecule has 12 nitrogen and oxygen atoms in total. The molecule has 0 rings (SSSR count). The number of carboxylic acid groups (broad SMARTS) is 2. The molecule has 166 valence electrons. The van der Waals surface area contributed by atoms with E-state index in [-0.39, 0.29) is 12.3 Å². The lowest BCUT2D eigenvalue weighted by Gasteiger charge is -2.24. The van der Waals surface area contributed by atoms with Gasteiger partial charge in [0.1, 0.15) is 18.1 Å². The van der Waals surface area contributed by atoms with Crippen molar-refractivity contribution in [3.8, 4) is 0 Å². The third-order valence-electron chi connectivity index (χ3n) is 4.38. The number of amides is 3. The van der Waals surface area contributed by atoms with Crippen LogP contribution in [0.4, 0.5) is 0 Å². The van der Waals surface area contributed by atoms with Crippen molar-refractivity contribution in [3.63, 3.8) is 0 Å². The van der Waals surface area contributed by atoms with Gasteiger partial charge in [0.2, 0.25) is 17.7 Å². The van der Waals surface area contributed by atoms with Crippen molar-refractivity contribution in [2.45, 2.75) is 64.2 Å². The number of nitrogens with two attached hydrogens (primary N) is 1. The van der Waals surface area contributed by atoms with Gasteiger partial charge < -0.3 is 37.0 Å². The van der Waals surface area contributed by atoms with Gasteiger partial charge in [-0.15, -0.1) is 0 Å². The number of aliphatic carboxylic acids is 2. The fourth-order valence-electron chi connectivity index (χ4n) is 2.16. The third-order valence-corrected chi connectivity index (χ3v) is 4.38. The van der Waals surface area contributed by atoms with E-state index in [0.29, 0.717) is 6.42 Å². The number of nitrogens with one attached hydrogen (secondary N) is 3. The lowest BCUT2D eigenvalue weighted by atomic mass is 9.99. The van der Waals surface area contributed by atoms with Crippen molar-refractivity contribution in [1.82, 2.24) is 16.0 Å². The fraction of sp³-hybridized carbons (Fsp3) is 0.706. The lowest BCUT2D eigenvalue weighted by molar-refractivity contribution is -0.142. The zero-order chi connectivity index (χ0) is 22.7. The van der Waals surface area contributed by atoms with Crippen molar-refractivity contribution in [3.05, 3.63) is 0 Å². The van der Waals surface area contributed by atoms with E-state index < -0.39 is 66.9 Å². The van der Waals surface area contributed by atoms with Crippen LogP contribution in [-0.2, 0) is 24.0 Å². The van der Waals surface area contributed by atoms with E-state index in [1.807, 2.05) is 6.92 Å². The molecule has 0 saturated heterocycles. The number of rotatable bonds is 13. The molecule has 0 saturated carbocycles. The van der Waals surface area contributed by atoms with Crippen LogP contribution in [0.25, 0.3) is 0 Å². The summed E-state index contributed by atoms with van der Waals surface area (Å²) in [5, 5.41) is 33.7. The average Bonchev–Trinajstić information content (AvgIpc) is 2.66. The molecular formula is C17H30N4O8. The van der Waals surface area contributed by atoms with E-state index in [2.05, 4.69) is 16.0 Å². The first-order chi connectivity index (χ1) is 13.4. The van der Waals surface area contributed by atoms with Crippen molar-refractivity contribution in [1.29, 1.82) is 0 Å². The third kappa shape index (κ3) is 9.34. The molecule has 0 heterocycles. The van der Waals surface area contributed by atoms with E-state index in [0.717, 1.165) is 0 Å². The second-order valence-corrected chi connectivity index (χ2v) is 6.72. The molecule has 0 radical (unpaired) electrons. The molecule has 8 N–H and O–H groups in total. The van der Waals surface area contributed by atoms with Gasteiger partial charge in [-0.1, -0.05) is 20.3 Å². The van der Waals surface area contributed by atoms with Gasteiger partial charge in [0, 0.05) is 6.42 Å². The Kier molecular flexibility index (Phi) is 11.5. The quantitative estimate of drug-likeness (QED) is 0.172. The first-order valence-electron chi connectivity index (χ1n) is 9.16. The van der Waals surface area contributed by atoms with E-state index in [4.69, 9.17) is 15.9 Å². The summed E-state index contributed by atoms with van der Waals surface area (Å²) in [5.41, 5.74) is 5.78. The van der Waals surface area contributed by atoms with Gasteiger partial charge in [0.25, 0.3) is 0 Å². The Morgan fingerprint density at radius 2 is 1.41 bits per heavy atom. The summed E-state index contributed by atoms with van der Waals surface area (Å²) >= 11 is 0. The topological polar surface area (TPSA) is 208 Å². The number of carboxylic acids is 2. The molecular weight excluding hydrogens is 388 g/mol. The van der Waals surface area contributed by atoms with Crippen LogP contribution in [0.5, 0.6) is 0 Å². The predicted molar refractivity (Wildman–Crippen MR) is 100 cm³/mol. The number of carbonyl (C=O) groups excluding carboxylic acids is 3. The summed E-state index contributed by atoms with van der Waals surface area (Å²) in [6, 6.07) is -4.98. The minimum Gasteiger partial charge on any atom is -0.481 e. The van der Waals surface area contributed by atoms with Gasteiger partial charge in [-0.05, 0) is 19.3 Å². The molecule has 5 unspecified atom stereocenters. The molecule has 0 aromatic carbocycles. The van der Waals surface area contributed by atoms with E-state index in [9.17, 15) is 29.1 Å². The van der Waals surface area contributed by atoms with Crippen molar-refractivity contribution in [2.75, 3.05) is 6.61 Å². The van der Waals surface area contributed by atoms with Gasteiger partial charge in [0.15, 0.2) is 0 Å². The standard InChI is InChI=1S/C17H30N4O8/c1-4-8(2)13(18)16(27)21-11(7-22)15(26)20-10(5-6-12(23)24)14(25)19-9(3)17(28)29/h8-11,13,22H,4-7,18H2,1-3H3,(H,19,25)(H,20,26)(H,21,27)(H,23,24)(H,28,29). The lowest BCUT2D eigenvalue weighted by Crippen LogP contribution is -2.58. The summed E-state index contributed by atoms with van der Waals surface area (Å²) in [4.78, 5) is 58.4. The maximum atomic E-state index is 12.4. The molecule has 0 fully saturated rings. The molecule has 0 aromatic rings. The predicted octanol–water partition coefficient (Wildman–Crippen LogP) is -2.22. The maximum absolute atomic E-state index is 12.4. The van der Waals surface area contributed by atoms with Crippen molar-refractivity contribution < 1.29 is 39.3 Å². The minimum atomic E-state index is -1.42. The number of aliphatic hydroxyl groups excluding tert-OH is 1. The summed E-state index contributed by atoms with van der Waals surface area (Å²) in [7, 11) is 0. The highest BCUT2D eigenvalue weighted by Gasteiger charge is 2.30. The number of aliphatic hydroxyl groups is 1. The molecule has 29 heavy (non-hydrogen) atoms. The SMILES string of the molecule is CCC(C)C(N)C(=O)NC(CO)C(=O)NC(CCC(=O)O)C(=O)NC(C)C(=O)O. The van der Waals surface area contributed by atoms with E-state index >= 15 is 0 Å². The van der Waals surface area contributed by atoms with Crippen LogP contribution in [-0.4, -0.2) is 75.8 Å². The summed E-state index contributed by atoms with van der Waals surface area (Å²) in [6.45, 7) is 3.99. The highest BCUT2D eigenvalue weighted by molar-refractivity contribution is 5.94. The van der Waals surface area contributed by atoms with E-state index in [1.54, 1.807) is 6.92 Å². The monoisotopic (exact) mass is 418 g/mol. The van der Waals surface area contributed by atoms with Gasteiger partial charge in [-0.2, -0.15) is 0 Å². The smallest absolute Gasteiger partial charge is 0.325 e. The van der Waals surface area contributed by atoms with E-state index in [1.165, 1.54) is 6.92 Å². The Balaban J connectivity index is 5.18. The Hall–Kier alpha value is -2.73. The Morgan fingerprint density at radius 1 is 0.897 bits per heavy atom. The van der Waals surface area contributed by atoms with Gasteiger partial charge in [0.05, 0.1) is 12.6 Å². The van der Waals surface area contributed by atoms with Gasteiger partial charge in [-0.25, -0.2) is 0 Å². The Bertz CT molecular complexity index is 612. The fourth-order valence-corrected chi connectivity index (χ4v) is 2.16. The normalized spacial score (nSPS) is 15.9. The van der Waals surface area contributed by atoms with Crippen LogP contribution >= 0.6 is 0 Å². The maximum Gasteiger partial charge on any atom is 0.325 e. The number of hydrogen-bond acceptors (Lipinski definition) is 7. The molecule has 0 aromatic heterocycles. The Labute approximate surface area is 168 Å². The summed E-state index contributed by atoms with van der Waals surface area (Å²) in [6.07, 6.45) is -0.184. The van der Waals surface area contributed by atoms with Gasteiger partial charge in [-0.3, -0.25) is 24.0 Å². The molecule has 0 bridgehead atoms. The average molecular weight is 418 g/mol. The first-order valence-corrected chi connectivity index (χ1v) is 9.16. The number of carbonyl (C=O) groups is 5. The second kappa shape index (κ2) is 12.7. The van der Waals surface area contributed by atoms with Crippen LogP contribution < -0.4 is 21.7 Å². The zero-order valence-corrected chi connectivity index (χ0v) is 16.7. The van der Waals surface area contributed by atoms with Crippen molar-refractivity contribution in [2.24, 2.45) is 11.7 Å². The van der Waals surface area contributed by atoms with Crippen LogP contribution in [0.2, 0.25) is 0 Å². The Morgan fingerprint density at radius 3 is 1.86 bits per heavy atom. The molecule has 5 atom stereocenters. The van der Waals surface area contributed by atoms with Crippen LogP contribution in [0, 0.1) is 5.92 Å². The zero-order valence-electron chi connectivity index (χ0n) is 16.7. The highest BCUT2D eigenvalue weighted by Crippen LogP contribution is 2.06. The molecule has 0 aliphatic carbocycles. The highest BCUT2D eigenvalue weighted by atomic mass is 16.4. The minimum absolute atomic E-state index is 0.177. The molecule has 12 heteroatoms. The molecule has 0 spiro atoms. The molecule has 0 aliphatic rings. The number of hydrogen-bond donors (Lipinski definition) is 7. The van der Waals surface area contributed by atoms with Crippen LogP contribution in [0.15, 0.2) is 0 Å². The first kappa shape index (κ1) is 26.3. The van der Waals surface area contributed by atoms with Crippen LogP contribution in [0.3, 0.4) is 0 Å².